The second-order valence-corrected chi connectivity index (χ2v) is 7.82. The molecule has 0 spiro atoms. The van der Waals surface area contributed by atoms with Gasteiger partial charge in [0.25, 0.3) is 0 Å². The molecule has 0 aliphatic heterocycles. The molecule has 0 saturated heterocycles. The highest BCUT2D eigenvalue weighted by Gasteiger charge is 2.30. The van der Waals surface area contributed by atoms with Crippen molar-refractivity contribution in [3.63, 3.8) is 0 Å². The van der Waals surface area contributed by atoms with Crippen LogP contribution in [0.15, 0.2) is 74.3 Å². The highest BCUT2D eigenvalue weighted by Crippen LogP contribution is 2.36. The van der Waals surface area contributed by atoms with E-state index in [2.05, 4.69) is 15.9 Å². The van der Waals surface area contributed by atoms with E-state index in [0.717, 1.165) is 17.7 Å². The predicted octanol–water partition coefficient (Wildman–Crippen LogP) is 6.24. The molecular weight excluding hydrogens is 477 g/mol. The van der Waals surface area contributed by atoms with Gasteiger partial charge in [-0.1, -0.05) is 24.3 Å². The van der Waals surface area contributed by atoms with E-state index in [0.29, 0.717) is 15.4 Å². The maximum atomic E-state index is 13.0. The molecule has 8 heteroatoms. The van der Waals surface area contributed by atoms with Crippen LogP contribution in [-0.4, -0.2) is 10.2 Å². The third-order valence-corrected chi connectivity index (χ3v) is 5.54. The van der Waals surface area contributed by atoms with Crippen LogP contribution in [0.5, 0.6) is 11.5 Å². The first kappa shape index (κ1) is 21.0. The molecule has 0 unspecified atom stereocenters. The Kier molecular flexibility index (Phi) is 5.26. The molecule has 1 aromatic heterocycles. The fraction of sp³-hybridized carbons (Fsp3) is 0.0870. The third kappa shape index (κ3) is 4.16. The summed E-state index contributed by atoms with van der Waals surface area (Å²) in [5.41, 5.74) is 0.292. The number of phenols is 2. The molecule has 0 radical (unpaired) electrons. The van der Waals surface area contributed by atoms with E-state index < -0.39 is 17.4 Å². The predicted molar refractivity (Wildman–Crippen MR) is 113 cm³/mol. The average molecular weight is 491 g/mol. The Morgan fingerprint density at radius 3 is 2.19 bits per heavy atom. The lowest BCUT2D eigenvalue weighted by Crippen LogP contribution is -2.10. The minimum atomic E-state index is -4.50. The van der Waals surface area contributed by atoms with Gasteiger partial charge in [-0.15, -0.1) is 0 Å². The van der Waals surface area contributed by atoms with Crippen LogP contribution in [0.3, 0.4) is 0 Å². The minimum absolute atomic E-state index is 0.0804. The molecule has 0 saturated carbocycles. The van der Waals surface area contributed by atoms with Crippen LogP contribution in [0.2, 0.25) is 0 Å². The van der Waals surface area contributed by atoms with E-state index in [1.54, 1.807) is 18.2 Å². The van der Waals surface area contributed by atoms with Crippen LogP contribution in [0.1, 0.15) is 16.7 Å². The lowest BCUT2D eigenvalue weighted by Gasteiger charge is -2.14. The van der Waals surface area contributed by atoms with Crippen LogP contribution < -0.4 is 5.63 Å². The zero-order valence-electron chi connectivity index (χ0n) is 15.7. The molecule has 2 N–H and O–H groups in total. The van der Waals surface area contributed by atoms with Crippen molar-refractivity contribution in [3.05, 3.63) is 92.2 Å². The van der Waals surface area contributed by atoms with Crippen molar-refractivity contribution in [3.8, 4) is 22.6 Å². The van der Waals surface area contributed by atoms with Gasteiger partial charge in [-0.3, -0.25) is 0 Å². The monoisotopic (exact) mass is 490 g/mol. The summed E-state index contributed by atoms with van der Waals surface area (Å²) in [6.45, 7) is 0. The lowest BCUT2D eigenvalue weighted by atomic mass is 9.93. The van der Waals surface area contributed by atoms with Gasteiger partial charge in [0.15, 0.2) is 0 Å². The van der Waals surface area contributed by atoms with Crippen LogP contribution in [0, 0.1) is 0 Å². The molecule has 4 nitrogen and oxygen atoms in total. The standard InChI is InChI=1S/C23H14BrF3O4/c24-18-10-16-17(9-12-1-7-15(28)8-2-12)21(22(30)31-20(16)11-19(18)29)13-3-5-14(6-4-13)23(25,26)27/h1-8,10-11,28-29H,9H2. The second-order valence-electron chi connectivity index (χ2n) is 6.96. The van der Waals surface area contributed by atoms with Gasteiger partial charge in [-0.25, -0.2) is 4.79 Å². The van der Waals surface area contributed by atoms with Crippen LogP contribution in [-0.2, 0) is 12.6 Å². The summed E-state index contributed by atoms with van der Waals surface area (Å²) in [5.74, 6) is -0.0367. The second kappa shape index (κ2) is 7.77. The Morgan fingerprint density at radius 1 is 0.935 bits per heavy atom. The number of aromatic hydroxyl groups is 2. The summed E-state index contributed by atoms with van der Waals surface area (Å²) in [7, 11) is 0. The van der Waals surface area contributed by atoms with E-state index in [9.17, 15) is 28.2 Å². The van der Waals surface area contributed by atoms with Gasteiger partial charge in [0, 0.05) is 11.5 Å². The molecule has 1 heterocycles. The molecule has 4 aromatic rings. The van der Waals surface area contributed by atoms with Gasteiger partial charge in [0.05, 0.1) is 15.6 Å². The van der Waals surface area contributed by atoms with Gasteiger partial charge in [0.1, 0.15) is 17.1 Å². The van der Waals surface area contributed by atoms with Crippen molar-refractivity contribution >= 4 is 26.9 Å². The highest BCUT2D eigenvalue weighted by molar-refractivity contribution is 9.10. The summed E-state index contributed by atoms with van der Waals surface area (Å²) in [4.78, 5) is 12.9. The Morgan fingerprint density at radius 2 is 1.58 bits per heavy atom. The lowest BCUT2D eigenvalue weighted by molar-refractivity contribution is -0.137. The molecule has 0 amide bonds. The maximum absolute atomic E-state index is 13.0. The number of hydrogen-bond acceptors (Lipinski definition) is 4. The third-order valence-electron chi connectivity index (χ3n) is 4.90. The zero-order valence-corrected chi connectivity index (χ0v) is 17.3. The van der Waals surface area contributed by atoms with E-state index in [-0.39, 0.29) is 34.6 Å². The number of phenolic OH excluding ortho intramolecular Hbond substituents is 2. The van der Waals surface area contributed by atoms with Crippen LogP contribution >= 0.6 is 15.9 Å². The first-order valence-corrected chi connectivity index (χ1v) is 9.86. The summed E-state index contributed by atoms with van der Waals surface area (Å²) < 4.78 is 44.6. The van der Waals surface area contributed by atoms with Gasteiger partial charge >= 0.3 is 11.8 Å². The number of fused-ring (bicyclic) bond motifs is 1. The van der Waals surface area contributed by atoms with E-state index >= 15 is 0 Å². The van der Waals surface area contributed by atoms with Gasteiger partial charge in [-0.05, 0) is 69.4 Å². The number of benzene rings is 3. The Labute approximate surface area is 182 Å². The van der Waals surface area contributed by atoms with Crippen molar-refractivity contribution in [1.29, 1.82) is 0 Å². The molecule has 0 bridgehead atoms. The molecule has 3 aromatic carbocycles. The van der Waals surface area contributed by atoms with Gasteiger partial charge < -0.3 is 14.6 Å². The van der Waals surface area contributed by atoms with Gasteiger partial charge in [-0.2, -0.15) is 13.2 Å². The summed E-state index contributed by atoms with van der Waals surface area (Å²) in [6.07, 6.45) is -4.25. The zero-order chi connectivity index (χ0) is 22.3. The van der Waals surface area contributed by atoms with E-state index in [1.165, 1.54) is 30.3 Å². The maximum Gasteiger partial charge on any atom is 0.416 e. The van der Waals surface area contributed by atoms with Crippen LogP contribution in [0.4, 0.5) is 13.2 Å². The average Bonchev–Trinajstić information content (AvgIpc) is 2.71. The Balaban J connectivity index is 1.97. The van der Waals surface area contributed by atoms with Crippen LogP contribution in [0.25, 0.3) is 22.1 Å². The molecule has 4 rings (SSSR count). The highest BCUT2D eigenvalue weighted by atomic mass is 79.9. The first-order valence-electron chi connectivity index (χ1n) is 9.07. The topological polar surface area (TPSA) is 70.7 Å². The first-order chi connectivity index (χ1) is 14.6. The fourth-order valence-electron chi connectivity index (χ4n) is 3.39. The van der Waals surface area contributed by atoms with Crippen molar-refractivity contribution in [2.75, 3.05) is 0 Å². The molecule has 31 heavy (non-hydrogen) atoms. The Hall–Kier alpha value is -3.26. The molecule has 158 valence electrons. The van der Waals surface area contributed by atoms with Crippen molar-refractivity contribution in [2.24, 2.45) is 0 Å². The molecule has 0 atom stereocenters. The minimum Gasteiger partial charge on any atom is -0.508 e. The number of halogens is 4. The van der Waals surface area contributed by atoms with Crippen molar-refractivity contribution in [1.82, 2.24) is 0 Å². The summed E-state index contributed by atoms with van der Waals surface area (Å²) >= 11 is 3.25. The largest absolute Gasteiger partial charge is 0.508 e. The van der Waals surface area contributed by atoms with Crippen molar-refractivity contribution < 1.29 is 27.8 Å². The number of hydrogen-bond donors (Lipinski definition) is 2. The SMILES string of the molecule is O=c1oc2cc(O)c(Br)cc2c(Cc2ccc(O)cc2)c1-c1ccc(C(F)(F)F)cc1. The van der Waals surface area contributed by atoms with Gasteiger partial charge in [0.2, 0.25) is 0 Å². The number of alkyl halides is 3. The molecular formula is C23H14BrF3O4. The fourth-order valence-corrected chi connectivity index (χ4v) is 3.73. The summed E-state index contributed by atoms with van der Waals surface area (Å²) in [6, 6.07) is 13.6. The quantitative estimate of drug-likeness (QED) is 0.333. The van der Waals surface area contributed by atoms with E-state index in [1.807, 2.05) is 0 Å². The summed E-state index contributed by atoms with van der Waals surface area (Å²) in [5, 5.41) is 20.0. The van der Waals surface area contributed by atoms with E-state index in [4.69, 9.17) is 4.42 Å². The smallest absolute Gasteiger partial charge is 0.416 e. The van der Waals surface area contributed by atoms with Crippen molar-refractivity contribution in [2.45, 2.75) is 12.6 Å². The molecule has 0 aliphatic carbocycles. The number of rotatable bonds is 3. The normalized spacial score (nSPS) is 11.7. The Bertz CT molecular complexity index is 1330. The molecule has 0 aliphatic rings. The molecule has 0 fully saturated rings.